The first kappa shape index (κ1) is 24.1. The van der Waals surface area contributed by atoms with Crippen molar-refractivity contribution in [3.05, 3.63) is 59.2 Å². The summed E-state index contributed by atoms with van der Waals surface area (Å²) in [5, 5.41) is 11.8. The van der Waals surface area contributed by atoms with E-state index in [1.165, 1.54) is 0 Å². The number of carbonyl (C=O) groups excluding carboxylic acids is 1. The third-order valence-electron chi connectivity index (χ3n) is 5.01. The van der Waals surface area contributed by atoms with E-state index in [0.717, 1.165) is 6.07 Å². The number of rotatable bonds is 4. The Labute approximate surface area is 180 Å². The molecule has 0 saturated carbocycles. The molecule has 0 bridgehead atoms. The van der Waals surface area contributed by atoms with Crippen LogP contribution < -0.4 is 5.32 Å². The van der Waals surface area contributed by atoms with Crippen molar-refractivity contribution in [2.75, 3.05) is 18.4 Å². The Morgan fingerprint density at radius 2 is 1.69 bits per heavy atom. The van der Waals surface area contributed by atoms with E-state index in [1.807, 2.05) is 0 Å². The molecule has 3 rings (SSSR count). The first-order valence-electron chi connectivity index (χ1n) is 9.58. The summed E-state index contributed by atoms with van der Waals surface area (Å²) in [6, 6.07) is 3.39. The van der Waals surface area contributed by atoms with E-state index in [2.05, 4.69) is 5.32 Å². The van der Waals surface area contributed by atoms with Crippen LogP contribution in [0.3, 0.4) is 0 Å². The van der Waals surface area contributed by atoms with Crippen LogP contribution in [0.25, 0.3) is 0 Å². The number of benzene rings is 2. The molecule has 2 atom stereocenters. The molecule has 0 radical (unpaired) electrons. The van der Waals surface area contributed by atoms with Gasteiger partial charge in [0.25, 0.3) is 5.91 Å². The average molecular weight is 478 g/mol. The van der Waals surface area contributed by atoms with Crippen molar-refractivity contribution in [3.8, 4) is 0 Å². The van der Waals surface area contributed by atoms with Crippen LogP contribution in [0.15, 0.2) is 35.2 Å². The molecule has 1 saturated heterocycles. The highest BCUT2D eigenvalue weighted by Gasteiger charge is 2.33. The first-order valence-corrected chi connectivity index (χ1v) is 11.0. The molecule has 0 aromatic heterocycles. The Hall–Kier alpha value is -2.57. The molecule has 6 nitrogen and oxygen atoms in total. The fourth-order valence-corrected chi connectivity index (χ4v) is 4.84. The maximum atomic E-state index is 14.4. The second-order valence-corrected chi connectivity index (χ2v) is 9.20. The number of amides is 1. The average Bonchev–Trinajstić information content (AvgIpc) is 2.72. The topological polar surface area (TPSA) is 86.7 Å². The molecule has 2 unspecified atom stereocenters. The molecular weight excluding hydrogens is 459 g/mol. The van der Waals surface area contributed by atoms with E-state index in [-0.39, 0.29) is 18.5 Å². The molecule has 2 aromatic rings. The van der Waals surface area contributed by atoms with Crippen LogP contribution in [0.2, 0.25) is 0 Å². The Kier molecular flexibility index (Phi) is 7.16. The number of alkyl halides is 1. The summed E-state index contributed by atoms with van der Waals surface area (Å²) in [6.45, 7) is -0.799. The summed E-state index contributed by atoms with van der Waals surface area (Å²) in [5.41, 5.74) is -0.822. The standard InChI is InChI=1S/C20H19F5N2O4S/c21-13-5-4-11(20(29)26-12-8-14(22)19(25)15(23)9-12)7-18(13)32(30,31)27-6-2-1-3-17(28)16(24)10-27/h4-5,7-9,16-17,28H,1-3,6,10H2,(H,26,29). The minimum atomic E-state index is -4.58. The first-order chi connectivity index (χ1) is 15.0. The van der Waals surface area contributed by atoms with Crippen molar-refractivity contribution in [2.45, 2.75) is 36.4 Å². The number of sulfonamides is 1. The lowest BCUT2D eigenvalue weighted by Crippen LogP contribution is -2.42. The van der Waals surface area contributed by atoms with E-state index >= 15 is 0 Å². The Bertz CT molecular complexity index is 1110. The van der Waals surface area contributed by atoms with Gasteiger partial charge < -0.3 is 10.4 Å². The van der Waals surface area contributed by atoms with Gasteiger partial charge >= 0.3 is 0 Å². The zero-order valence-electron chi connectivity index (χ0n) is 16.5. The van der Waals surface area contributed by atoms with Gasteiger partial charge in [0.2, 0.25) is 10.0 Å². The minimum Gasteiger partial charge on any atom is -0.390 e. The number of halogens is 5. The maximum Gasteiger partial charge on any atom is 0.255 e. The normalized spacial score (nSPS) is 20.4. The van der Waals surface area contributed by atoms with E-state index in [9.17, 15) is 40.3 Å². The van der Waals surface area contributed by atoms with Gasteiger partial charge in [-0.1, -0.05) is 0 Å². The van der Waals surface area contributed by atoms with E-state index in [0.29, 0.717) is 41.4 Å². The Morgan fingerprint density at radius 1 is 1.03 bits per heavy atom. The van der Waals surface area contributed by atoms with Crippen LogP contribution in [0.5, 0.6) is 0 Å². The third kappa shape index (κ3) is 5.08. The molecule has 0 aliphatic carbocycles. The Balaban J connectivity index is 1.89. The van der Waals surface area contributed by atoms with Crippen LogP contribution in [0.1, 0.15) is 29.6 Å². The number of nitrogens with zero attached hydrogens (tertiary/aromatic N) is 1. The van der Waals surface area contributed by atoms with Crippen molar-refractivity contribution in [2.24, 2.45) is 0 Å². The lowest BCUT2D eigenvalue weighted by molar-refractivity contribution is 0.0498. The highest BCUT2D eigenvalue weighted by molar-refractivity contribution is 7.89. The molecule has 174 valence electrons. The predicted molar refractivity (Wildman–Crippen MR) is 104 cm³/mol. The van der Waals surface area contributed by atoms with Crippen LogP contribution in [0, 0.1) is 23.3 Å². The van der Waals surface area contributed by atoms with Crippen LogP contribution in [-0.4, -0.2) is 49.1 Å². The van der Waals surface area contributed by atoms with Gasteiger partial charge in [-0.2, -0.15) is 4.31 Å². The SMILES string of the molecule is O=C(Nc1cc(F)c(F)c(F)c1)c1ccc(F)c(S(=O)(=O)N2CCCCC(O)C(F)C2)c1. The lowest BCUT2D eigenvalue weighted by Gasteiger charge is -2.28. The minimum absolute atomic E-state index is 0.112. The molecule has 1 aliphatic rings. The molecule has 1 amide bonds. The second-order valence-electron chi connectivity index (χ2n) is 7.30. The molecule has 1 aliphatic heterocycles. The van der Waals surface area contributed by atoms with Gasteiger partial charge in [0.15, 0.2) is 17.5 Å². The van der Waals surface area contributed by atoms with Gasteiger partial charge in [-0.25, -0.2) is 30.4 Å². The number of anilines is 1. The van der Waals surface area contributed by atoms with Gasteiger partial charge in [0.05, 0.1) is 6.10 Å². The van der Waals surface area contributed by atoms with Crippen molar-refractivity contribution in [1.29, 1.82) is 0 Å². The number of hydrogen-bond acceptors (Lipinski definition) is 4. The van der Waals surface area contributed by atoms with E-state index in [4.69, 9.17) is 0 Å². The number of aliphatic hydroxyl groups excluding tert-OH is 1. The molecule has 2 N–H and O–H groups in total. The van der Waals surface area contributed by atoms with Gasteiger partial charge in [0, 0.05) is 36.5 Å². The summed E-state index contributed by atoms with van der Waals surface area (Å²) in [7, 11) is -4.58. The number of carbonyl (C=O) groups is 1. The van der Waals surface area contributed by atoms with Crippen molar-refractivity contribution >= 4 is 21.6 Å². The summed E-state index contributed by atoms with van der Waals surface area (Å²) in [4.78, 5) is 11.5. The number of nitrogens with one attached hydrogen (secondary N) is 1. The largest absolute Gasteiger partial charge is 0.390 e. The zero-order valence-corrected chi connectivity index (χ0v) is 17.3. The summed E-state index contributed by atoms with van der Waals surface area (Å²) >= 11 is 0. The molecule has 1 heterocycles. The maximum absolute atomic E-state index is 14.4. The molecule has 2 aromatic carbocycles. The van der Waals surface area contributed by atoms with Crippen LogP contribution >= 0.6 is 0 Å². The monoisotopic (exact) mass is 478 g/mol. The van der Waals surface area contributed by atoms with Crippen LogP contribution in [0.4, 0.5) is 27.6 Å². The quantitative estimate of drug-likeness (QED) is 0.521. The molecule has 12 heteroatoms. The van der Waals surface area contributed by atoms with Gasteiger partial charge in [0.1, 0.15) is 16.9 Å². The zero-order chi connectivity index (χ0) is 23.6. The molecule has 1 fully saturated rings. The molecule has 0 spiro atoms. The van der Waals surface area contributed by atoms with E-state index < -0.39 is 68.6 Å². The summed E-state index contributed by atoms with van der Waals surface area (Å²) < 4.78 is 94.9. The lowest BCUT2D eigenvalue weighted by atomic mass is 10.1. The van der Waals surface area contributed by atoms with Gasteiger partial charge in [-0.05, 0) is 37.5 Å². The number of aliphatic hydroxyl groups is 1. The third-order valence-corrected chi connectivity index (χ3v) is 6.89. The van der Waals surface area contributed by atoms with Crippen molar-refractivity contribution < 1.29 is 40.3 Å². The fourth-order valence-electron chi connectivity index (χ4n) is 3.26. The molecular formula is C20H19F5N2O4S. The summed E-state index contributed by atoms with van der Waals surface area (Å²) in [5.74, 6) is -7.08. The summed E-state index contributed by atoms with van der Waals surface area (Å²) in [6.07, 6.45) is -2.38. The predicted octanol–water partition coefficient (Wildman–Crippen LogP) is 3.37. The number of hydrogen-bond donors (Lipinski definition) is 2. The van der Waals surface area contributed by atoms with Gasteiger partial charge in [-0.3, -0.25) is 4.79 Å². The Morgan fingerprint density at radius 3 is 2.34 bits per heavy atom. The van der Waals surface area contributed by atoms with E-state index in [1.54, 1.807) is 0 Å². The fraction of sp³-hybridized carbons (Fsp3) is 0.350. The van der Waals surface area contributed by atoms with Gasteiger partial charge in [-0.15, -0.1) is 0 Å². The highest BCUT2D eigenvalue weighted by Crippen LogP contribution is 2.25. The van der Waals surface area contributed by atoms with Crippen LogP contribution in [-0.2, 0) is 10.0 Å². The smallest absolute Gasteiger partial charge is 0.255 e. The van der Waals surface area contributed by atoms with Crippen molar-refractivity contribution in [3.63, 3.8) is 0 Å². The second kappa shape index (κ2) is 9.51. The highest BCUT2D eigenvalue weighted by atomic mass is 32.2. The van der Waals surface area contributed by atoms with Crippen molar-refractivity contribution in [1.82, 2.24) is 4.31 Å². The molecule has 32 heavy (non-hydrogen) atoms.